The molecule has 44 heavy (non-hydrogen) atoms. The van der Waals surface area contributed by atoms with Gasteiger partial charge in [0.15, 0.2) is 5.78 Å². The lowest BCUT2D eigenvalue weighted by Gasteiger charge is -2.30. The average Bonchev–Trinajstić information content (AvgIpc) is 3.71. The van der Waals surface area contributed by atoms with Crippen LogP contribution in [-0.4, -0.2) is 21.5 Å². The van der Waals surface area contributed by atoms with Crippen LogP contribution in [0.15, 0.2) is 75.9 Å². The number of hydrogen-bond donors (Lipinski definition) is 0. The summed E-state index contributed by atoms with van der Waals surface area (Å²) in [6.45, 7) is 12.0. The molecule has 0 N–H and O–H groups in total. The first-order valence-corrected chi connectivity index (χ1v) is 16.3. The molecule has 2 aromatic heterocycles. The molecule has 2 saturated carbocycles. The zero-order valence-electron chi connectivity index (χ0n) is 25.9. The number of hydrogen-bond acceptors (Lipinski definition) is 4. The van der Waals surface area contributed by atoms with Gasteiger partial charge in [-0.05, 0) is 86.2 Å². The van der Waals surface area contributed by atoms with Crippen LogP contribution in [0.25, 0.3) is 17.3 Å². The number of imidazole rings is 1. The molecule has 0 radical (unpaired) electrons. The van der Waals surface area contributed by atoms with Gasteiger partial charge in [0.05, 0.1) is 17.0 Å². The Morgan fingerprint density at radius 2 is 1.98 bits per heavy atom. The summed E-state index contributed by atoms with van der Waals surface area (Å²) in [4.78, 5) is 23.9. The maximum atomic E-state index is 14.3. The van der Waals surface area contributed by atoms with Crippen molar-refractivity contribution in [3.63, 3.8) is 0 Å². The van der Waals surface area contributed by atoms with Gasteiger partial charge in [-0.3, -0.25) is 9.79 Å². The van der Waals surface area contributed by atoms with Crippen LogP contribution >= 0.6 is 11.3 Å². The highest BCUT2D eigenvalue weighted by Gasteiger charge is 2.35. The molecule has 5 rings (SSSR count). The monoisotopic (exact) mass is 619 g/mol. The SMILES string of the molecule is C=C1CC(=O)C(=C\c2cccs2)/C1=C(/N=CC)C1CCC(c2nc(-c3ccc(F)c(C(C)(F)F)c3)cn2CCC(C)C)CC1. The number of nitrogens with zero attached hydrogens (tertiary/aromatic N) is 3. The molecule has 2 aliphatic carbocycles. The summed E-state index contributed by atoms with van der Waals surface area (Å²) in [5, 5.41) is 2.00. The Morgan fingerprint density at radius 1 is 1.23 bits per heavy atom. The standard InChI is InChI=1S/C36H40F3N3OS/c1-6-40-34(33-23(4)18-32(43)28(33)20-27-8-7-17-44-27)24-9-11-25(12-10-24)35-41-31(21-42(35)16-15-22(2)3)26-13-14-30(37)29(19-26)36(5,38)39/h6-8,13-14,17,19-22,24-25H,4,9-12,15-16,18H2,1-3,5H3/b28-20+,34-33+,40-6?. The van der Waals surface area contributed by atoms with E-state index >= 15 is 0 Å². The Balaban J connectivity index is 1.44. The van der Waals surface area contributed by atoms with E-state index in [0.717, 1.165) is 72.3 Å². The number of carbonyl (C=O) groups is 1. The molecule has 0 saturated heterocycles. The number of aliphatic imine (C=N–C) groups is 1. The predicted octanol–water partition coefficient (Wildman–Crippen LogP) is 10.1. The second kappa shape index (κ2) is 13.2. The van der Waals surface area contributed by atoms with Crippen molar-refractivity contribution in [1.29, 1.82) is 0 Å². The highest BCUT2D eigenvalue weighted by Crippen LogP contribution is 2.45. The number of benzene rings is 1. The number of allylic oxidation sites excluding steroid dienone is 4. The van der Waals surface area contributed by atoms with E-state index in [9.17, 15) is 18.0 Å². The second-order valence-corrected chi connectivity index (χ2v) is 13.4. The van der Waals surface area contributed by atoms with Crippen molar-refractivity contribution < 1.29 is 18.0 Å². The smallest absolute Gasteiger partial charge is 0.273 e. The van der Waals surface area contributed by atoms with Gasteiger partial charge in [-0.15, -0.1) is 11.3 Å². The van der Waals surface area contributed by atoms with Gasteiger partial charge in [0.25, 0.3) is 5.92 Å². The number of carbonyl (C=O) groups excluding carboxylic acids is 1. The fourth-order valence-corrected chi connectivity index (χ4v) is 6.98. The van der Waals surface area contributed by atoms with Crippen molar-refractivity contribution >= 4 is 29.4 Å². The van der Waals surface area contributed by atoms with Crippen molar-refractivity contribution in [2.75, 3.05) is 0 Å². The number of alkyl halides is 2. The minimum atomic E-state index is -3.29. The molecule has 1 aromatic carbocycles. The molecule has 2 fully saturated rings. The number of Topliss-reactive ketones (excluding diaryl/α,β-unsaturated/α-hetero) is 1. The first-order valence-electron chi connectivity index (χ1n) is 15.4. The van der Waals surface area contributed by atoms with Crippen LogP contribution in [-0.2, 0) is 17.3 Å². The van der Waals surface area contributed by atoms with Crippen LogP contribution in [0.2, 0.25) is 0 Å². The lowest BCUT2D eigenvalue weighted by molar-refractivity contribution is -0.114. The number of aromatic nitrogens is 2. The van der Waals surface area contributed by atoms with Crippen LogP contribution in [0, 0.1) is 17.7 Å². The topological polar surface area (TPSA) is 47.2 Å². The Hall–Kier alpha value is -3.52. The van der Waals surface area contributed by atoms with E-state index in [1.165, 1.54) is 12.1 Å². The van der Waals surface area contributed by atoms with Crippen LogP contribution in [0.1, 0.15) is 88.4 Å². The first-order chi connectivity index (χ1) is 21.0. The summed E-state index contributed by atoms with van der Waals surface area (Å²) in [5.74, 6) is -2.33. The third-order valence-corrected chi connectivity index (χ3v) is 9.44. The van der Waals surface area contributed by atoms with E-state index in [1.54, 1.807) is 17.6 Å². The maximum Gasteiger partial charge on any atom is 0.273 e. The Kier molecular flexibility index (Phi) is 9.59. The van der Waals surface area contributed by atoms with Gasteiger partial charge in [0, 0.05) is 65.7 Å². The Bertz CT molecular complexity index is 1610. The Labute approximate surface area is 262 Å². The highest BCUT2D eigenvalue weighted by atomic mass is 32.1. The van der Waals surface area contributed by atoms with Crippen molar-refractivity contribution in [2.45, 2.75) is 84.6 Å². The van der Waals surface area contributed by atoms with Gasteiger partial charge in [0.2, 0.25) is 0 Å². The zero-order valence-corrected chi connectivity index (χ0v) is 26.7. The summed E-state index contributed by atoms with van der Waals surface area (Å²) in [7, 11) is 0. The third-order valence-electron chi connectivity index (χ3n) is 8.62. The largest absolute Gasteiger partial charge is 0.334 e. The van der Waals surface area contributed by atoms with Crippen molar-refractivity contribution in [2.24, 2.45) is 16.8 Å². The molecule has 0 aliphatic heterocycles. The molecule has 0 amide bonds. The molecule has 3 aromatic rings. The molecule has 2 aliphatic rings. The van der Waals surface area contributed by atoms with Gasteiger partial charge in [-0.1, -0.05) is 26.5 Å². The van der Waals surface area contributed by atoms with E-state index < -0.39 is 17.3 Å². The van der Waals surface area contributed by atoms with Crippen LogP contribution in [0.4, 0.5) is 13.2 Å². The van der Waals surface area contributed by atoms with Crippen molar-refractivity contribution in [1.82, 2.24) is 9.55 Å². The van der Waals surface area contributed by atoms with Gasteiger partial charge < -0.3 is 4.57 Å². The van der Waals surface area contributed by atoms with Gasteiger partial charge >= 0.3 is 0 Å². The van der Waals surface area contributed by atoms with Gasteiger partial charge in [-0.2, -0.15) is 0 Å². The van der Waals surface area contributed by atoms with E-state index in [0.29, 0.717) is 36.1 Å². The maximum absolute atomic E-state index is 14.3. The fraction of sp³-hybridized carbons (Fsp3) is 0.417. The number of thiophene rings is 1. The summed E-state index contributed by atoms with van der Waals surface area (Å²) in [6.07, 6.45) is 10.5. The summed E-state index contributed by atoms with van der Waals surface area (Å²) >= 11 is 1.60. The fourth-order valence-electron chi connectivity index (χ4n) is 6.33. The third kappa shape index (κ3) is 6.90. The van der Waals surface area contributed by atoms with Crippen LogP contribution in [0.5, 0.6) is 0 Å². The van der Waals surface area contributed by atoms with E-state index in [2.05, 4.69) is 25.0 Å². The van der Waals surface area contributed by atoms with Gasteiger partial charge in [0.1, 0.15) is 11.6 Å². The number of halogens is 3. The highest BCUT2D eigenvalue weighted by molar-refractivity contribution is 7.10. The van der Waals surface area contributed by atoms with E-state index in [-0.39, 0.29) is 17.6 Å². The van der Waals surface area contributed by atoms with Crippen LogP contribution < -0.4 is 0 Å². The second-order valence-electron chi connectivity index (χ2n) is 12.4. The first kappa shape index (κ1) is 31.9. The molecule has 0 bridgehead atoms. The average molecular weight is 620 g/mol. The minimum Gasteiger partial charge on any atom is -0.334 e. The van der Waals surface area contributed by atoms with E-state index in [4.69, 9.17) is 9.98 Å². The lowest BCUT2D eigenvalue weighted by Crippen LogP contribution is -2.19. The molecule has 4 nitrogen and oxygen atoms in total. The quantitative estimate of drug-likeness (QED) is 0.177. The minimum absolute atomic E-state index is 0.0837. The normalized spacial score (nSPS) is 21.8. The summed E-state index contributed by atoms with van der Waals surface area (Å²) in [6, 6.07) is 7.84. The molecule has 2 heterocycles. The Morgan fingerprint density at radius 3 is 2.61 bits per heavy atom. The molecular formula is C36H40F3N3OS. The number of aryl methyl sites for hydroxylation is 1. The van der Waals surface area contributed by atoms with Crippen LogP contribution in [0.3, 0.4) is 0 Å². The molecular weight excluding hydrogens is 579 g/mol. The lowest BCUT2D eigenvalue weighted by atomic mass is 9.78. The van der Waals surface area contributed by atoms with Gasteiger partial charge in [-0.25, -0.2) is 18.2 Å². The zero-order chi connectivity index (χ0) is 31.6. The molecule has 232 valence electrons. The number of rotatable bonds is 9. The van der Waals surface area contributed by atoms with Crippen molar-refractivity contribution in [3.8, 4) is 11.3 Å². The summed E-state index contributed by atoms with van der Waals surface area (Å²) in [5.41, 5.74) is 3.80. The molecule has 0 spiro atoms. The van der Waals surface area contributed by atoms with Crippen molar-refractivity contribution in [3.05, 3.63) is 93.0 Å². The van der Waals surface area contributed by atoms with E-state index in [1.807, 2.05) is 36.7 Å². The predicted molar refractivity (Wildman–Crippen MR) is 174 cm³/mol. The summed E-state index contributed by atoms with van der Waals surface area (Å²) < 4.78 is 44.7. The molecule has 0 unspecified atom stereocenters. The molecule has 0 atom stereocenters. The number of ketones is 1. The molecule has 8 heteroatoms.